The number of aliphatic imine (C=N–C) groups is 1. The van der Waals surface area contributed by atoms with E-state index >= 15 is 0 Å². The zero-order valence-corrected chi connectivity index (χ0v) is 14.3. The zero-order valence-electron chi connectivity index (χ0n) is 13.5. The van der Waals surface area contributed by atoms with E-state index in [1.165, 1.54) is 23.9 Å². The van der Waals surface area contributed by atoms with Gasteiger partial charge in [-0.25, -0.2) is 0 Å². The van der Waals surface area contributed by atoms with Crippen LogP contribution in [0.2, 0.25) is 0 Å². The third kappa shape index (κ3) is 4.92. The number of hydrogen-bond acceptors (Lipinski definition) is 7. The molecular formula is C14H20N4O4S. The van der Waals surface area contributed by atoms with Crippen molar-refractivity contribution in [3.63, 3.8) is 0 Å². The van der Waals surface area contributed by atoms with Gasteiger partial charge in [0.15, 0.2) is 5.69 Å². The summed E-state index contributed by atoms with van der Waals surface area (Å²) in [5, 5.41) is 26.2. The van der Waals surface area contributed by atoms with Crippen molar-refractivity contribution in [2.45, 2.75) is 33.7 Å². The fourth-order valence-corrected chi connectivity index (χ4v) is 2.90. The van der Waals surface area contributed by atoms with Crippen LogP contribution in [0.25, 0.3) is 0 Å². The summed E-state index contributed by atoms with van der Waals surface area (Å²) in [7, 11) is 0. The molecule has 0 aliphatic heterocycles. The number of thioether (sulfide) groups is 1. The Morgan fingerprint density at radius 3 is 2.17 bits per heavy atom. The number of nitro groups is 2. The Morgan fingerprint density at radius 1 is 1.26 bits per heavy atom. The summed E-state index contributed by atoms with van der Waals surface area (Å²) in [6, 6.07) is 2.29. The highest BCUT2D eigenvalue weighted by molar-refractivity contribution is 8.14. The molecule has 0 heterocycles. The van der Waals surface area contributed by atoms with Crippen LogP contribution < -0.4 is 5.32 Å². The molecule has 0 aliphatic rings. The molecule has 1 aromatic rings. The molecule has 0 fully saturated rings. The Bertz CT molecular complexity index is 598. The van der Waals surface area contributed by atoms with Crippen molar-refractivity contribution >= 4 is 33.9 Å². The molecule has 1 aromatic carbocycles. The number of nitrogens with zero attached hydrogens (tertiary/aromatic N) is 3. The van der Waals surface area contributed by atoms with Crippen LogP contribution in [0, 0.1) is 27.2 Å². The highest BCUT2D eigenvalue weighted by Crippen LogP contribution is 2.36. The smallest absolute Gasteiger partial charge is 0.299 e. The number of rotatable bonds is 7. The lowest BCUT2D eigenvalue weighted by molar-refractivity contribution is -0.392. The first kappa shape index (κ1) is 18.9. The van der Waals surface area contributed by atoms with Crippen molar-refractivity contribution in [3.05, 3.63) is 37.9 Å². The predicted molar refractivity (Wildman–Crippen MR) is 93.7 cm³/mol. The van der Waals surface area contributed by atoms with E-state index in [-0.39, 0.29) is 23.1 Å². The van der Waals surface area contributed by atoms with Crippen LogP contribution in [0.5, 0.6) is 0 Å². The van der Waals surface area contributed by atoms with Crippen molar-refractivity contribution in [1.29, 1.82) is 0 Å². The van der Waals surface area contributed by atoms with Crippen molar-refractivity contribution in [2.24, 2.45) is 4.99 Å². The van der Waals surface area contributed by atoms with E-state index in [1.807, 2.05) is 13.8 Å². The maximum absolute atomic E-state index is 11.3. The third-order valence-corrected chi connectivity index (χ3v) is 4.04. The van der Waals surface area contributed by atoms with Crippen LogP contribution in [0.15, 0.2) is 17.1 Å². The second kappa shape index (κ2) is 8.47. The summed E-state index contributed by atoms with van der Waals surface area (Å²) in [6.45, 7) is 7.81. The van der Waals surface area contributed by atoms with E-state index in [1.54, 1.807) is 13.8 Å². The van der Waals surface area contributed by atoms with Gasteiger partial charge in [0.25, 0.3) is 11.4 Å². The second-order valence-electron chi connectivity index (χ2n) is 4.80. The van der Waals surface area contributed by atoms with Crippen LogP contribution in [0.3, 0.4) is 0 Å². The minimum Gasteiger partial charge on any atom is -0.365 e. The van der Waals surface area contributed by atoms with E-state index in [2.05, 4.69) is 10.3 Å². The van der Waals surface area contributed by atoms with Gasteiger partial charge in [0.05, 0.1) is 20.9 Å². The summed E-state index contributed by atoms with van der Waals surface area (Å²) < 4.78 is 0. The number of aryl methyl sites for hydroxylation is 1. The van der Waals surface area contributed by atoms with Crippen LogP contribution in [-0.4, -0.2) is 33.2 Å². The van der Waals surface area contributed by atoms with Crippen molar-refractivity contribution in [1.82, 2.24) is 0 Å². The Labute approximate surface area is 138 Å². The molecule has 0 saturated carbocycles. The van der Waals surface area contributed by atoms with E-state index in [0.717, 1.165) is 10.8 Å². The molecular weight excluding hydrogens is 320 g/mol. The highest BCUT2D eigenvalue weighted by atomic mass is 32.2. The molecule has 1 atom stereocenters. The van der Waals surface area contributed by atoms with Gasteiger partial charge in [-0.05, 0) is 32.1 Å². The summed E-state index contributed by atoms with van der Waals surface area (Å²) in [5.74, 6) is 0.795. The second-order valence-corrected chi connectivity index (χ2v) is 6.09. The van der Waals surface area contributed by atoms with Gasteiger partial charge in [-0.2, -0.15) is 0 Å². The van der Waals surface area contributed by atoms with Gasteiger partial charge in [0, 0.05) is 18.7 Å². The van der Waals surface area contributed by atoms with Crippen molar-refractivity contribution in [2.75, 3.05) is 17.6 Å². The number of nitro benzene ring substituents is 2. The molecule has 23 heavy (non-hydrogen) atoms. The van der Waals surface area contributed by atoms with Crippen molar-refractivity contribution in [3.8, 4) is 0 Å². The minimum absolute atomic E-state index is 0.0846. The lowest BCUT2D eigenvalue weighted by atomic mass is 10.1. The Morgan fingerprint density at radius 2 is 1.78 bits per heavy atom. The van der Waals surface area contributed by atoms with E-state index in [0.29, 0.717) is 12.1 Å². The molecule has 0 bridgehead atoms. The lowest BCUT2D eigenvalue weighted by Crippen LogP contribution is -2.25. The van der Waals surface area contributed by atoms with Gasteiger partial charge < -0.3 is 5.32 Å². The number of anilines is 1. The molecule has 1 rings (SSSR count). The summed E-state index contributed by atoms with van der Waals surface area (Å²) in [5.41, 5.74) is -0.229. The molecule has 0 spiro atoms. The quantitative estimate of drug-likeness (QED) is 0.350. The number of benzene rings is 1. The molecule has 0 aliphatic carbocycles. The molecule has 0 radical (unpaired) electrons. The Kier molecular flexibility index (Phi) is 6.95. The first-order valence-electron chi connectivity index (χ1n) is 7.18. The maximum Gasteiger partial charge on any atom is 0.299 e. The average molecular weight is 340 g/mol. The van der Waals surface area contributed by atoms with Gasteiger partial charge in [-0.15, -0.1) is 11.8 Å². The highest BCUT2D eigenvalue weighted by Gasteiger charge is 2.28. The first-order chi connectivity index (χ1) is 10.8. The summed E-state index contributed by atoms with van der Waals surface area (Å²) in [4.78, 5) is 25.6. The maximum atomic E-state index is 11.3. The Hall–Kier alpha value is -2.16. The van der Waals surface area contributed by atoms with E-state index < -0.39 is 9.85 Å². The van der Waals surface area contributed by atoms with Crippen LogP contribution >= 0.6 is 11.8 Å². The van der Waals surface area contributed by atoms with Crippen LogP contribution in [0.4, 0.5) is 17.1 Å². The zero-order chi connectivity index (χ0) is 17.6. The summed E-state index contributed by atoms with van der Waals surface area (Å²) in [6.07, 6.45) is 0. The fourth-order valence-electron chi connectivity index (χ4n) is 2.07. The third-order valence-electron chi connectivity index (χ3n) is 2.97. The standard InChI is InChI=1S/C14H20N4O4S/c1-5-15-14(23-6-2)10(4)16-13-11(17(19)20)7-9(3)8-12(13)18(21)22/h7-8,10,16H,5-6H2,1-4H3. The van der Waals surface area contributed by atoms with Crippen molar-refractivity contribution < 1.29 is 9.85 Å². The van der Waals surface area contributed by atoms with E-state index in [4.69, 9.17) is 0 Å². The van der Waals surface area contributed by atoms with Gasteiger partial charge in [0.1, 0.15) is 0 Å². The van der Waals surface area contributed by atoms with Gasteiger partial charge in [-0.1, -0.05) is 6.92 Å². The molecule has 0 aromatic heterocycles. The molecule has 0 saturated heterocycles. The summed E-state index contributed by atoms with van der Waals surface area (Å²) >= 11 is 1.51. The largest absolute Gasteiger partial charge is 0.365 e. The first-order valence-corrected chi connectivity index (χ1v) is 8.17. The lowest BCUT2D eigenvalue weighted by Gasteiger charge is -2.17. The molecule has 1 N–H and O–H groups in total. The normalized spacial score (nSPS) is 12.8. The monoisotopic (exact) mass is 340 g/mol. The molecule has 126 valence electrons. The molecule has 8 nitrogen and oxygen atoms in total. The molecule has 0 amide bonds. The fraction of sp³-hybridized carbons (Fsp3) is 0.500. The molecule has 9 heteroatoms. The predicted octanol–water partition coefficient (Wildman–Crippen LogP) is 3.78. The van der Waals surface area contributed by atoms with Gasteiger partial charge in [-0.3, -0.25) is 25.2 Å². The molecule has 1 unspecified atom stereocenters. The minimum atomic E-state index is -0.612. The van der Waals surface area contributed by atoms with Gasteiger partial charge >= 0.3 is 0 Å². The topological polar surface area (TPSA) is 111 Å². The van der Waals surface area contributed by atoms with Crippen LogP contribution in [0.1, 0.15) is 26.3 Å². The number of nitrogens with one attached hydrogen (secondary N) is 1. The van der Waals surface area contributed by atoms with Crippen LogP contribution in [-0.2, 0) is 0 Å². The average Bonchev–Trinajstić information content (AvgIpc) is 2.47. The number of hydrogen-bond donors (Lipinski definition) is 1. The van der Waals surface area contributed by atoms with Gasteiger partial charge in [0.2, 0.25) is 0 Å². The SMILES string of the molecule is CCN=C(SCC)C(C)Nc1c([N+](=O)[O-])cc(C)cc1[N+](=O)[O-]. The van der Waals surface area contributed by atoms with E-state index in [9.17, 15) is 20.2 Å². The Balaban J connectivity index is 3.32.